The van der Waals surface area contributed by atoms with Crippen molar-refractivity contribution in [2.24, 2.45) is 0 Å². The molecular formula is C17H17FN2O4. The number of ether oxygens (including phenoxy) is 2. The van der Waals surface area contributed by atoms with E-state index in [0.717, 1.165) is 0 Å². The number of rotatable bonds is 6. The maximum atomic E-state index is 12.8. The molecule has 0 unspecified atom stereocenters. The van der Waals surface area contributed by atoms with Crippen LogP contribution in [0.1, 0.15) is 10.4 Å². The quantitative estimate of drug-likeness (QED) is 0.850. The monoisotopic (exact) mass is 332 g/mol. The molecule has 0 aromatic heterocycles. The Balaban J connectivity index is 1.91. The van der Waals surface area contributed by atoms with Crippen LogP contribution in [0.3, 0.4) is 0 Å². The first-order valence-corrected chi connectivity index (χ1v) is 7.09. The molecule has 0 saturated heterocycles. The fourth-order valence-electron chi connectivity index (χ4n) is 1.98. The molecule has 0 spiro atoms. The van der Waals surface area contributed by atoms with Crippen molar-refractivity contribution in [2.75, 3.05) is 26.1 Å². The lowest BCUT2D eigenvalue weighted by Crippen LogP contribution is -2.32. The van der Waals surface area contributed by atoms with Crippen LogP contribution in [-0.4, -0.2) is 32.6 Å². The summed E-state index contributed by atoms with van der Waals surface area (Å²) in [6.45, 7) is -0.218. The minimum absolute atomic E-state index is 0.218. The van der Waals surface area contributed by atoms with E-state index in [9.17, 15) is 14.0 Å². The van der Waals surface area contributed by atoms with Gasteiger partial charge in [0.15, 0.2) is 11.5 Å². The second kappa shape index (κ2) is 7.96. The third-order valence-corrected chi connectivity index (χ3v) is 3.18. The van der Waals surface area contributed by atoms with Crippen LogP contribution in [0, 0.1) is 5.82 Å². The van der Waals surface area contributed by atoms with Crippen LogP contribution >= 0.6 is 0 Å². The summed E-state index contributed by atoms with van der Waals surface area (Å²) in [7, 11) is 3.01. The third kappa shape index (κ3) is 4.45. The second-order valence-electron chi connectivity index (χ2n) is 4.81. The first kappa shape index (κ1) is 17.3. The Bertz CT molecular complexity index is 732. The van der Waals surface area contributed by atoms with Gasteiger partial charge in [-0.05, 0) is 36.4 Å². The fraction of sp³-hybridized carbons (Fsp3) is 0.176. The molecule has 2 N–H and O–H groups in total. The number of methoxy groups -OCH3 is 2. The Kier molecular flexibility index (Phi) is 5.73. The predicted molar refractivity (Wildman–Crippen MR) is 86.9 cm³/mol. The highest BCUT2D eigenvalue weighted by Crippen LogP contribution is 2.29. The standard InChI is InChI=1S/C17H17FN2O4/c1-23-14-8-7-13(9-15(14)24-2)20-16(21)10-19-17(22)11-3-5-12(18)6-4-11/h3-9H,10H2,1-2H3,(H,19,22)(H,20,21). The van der Waals surface area contributed by atoms with Gasteiger partial charge in [-0.15, -0.1) is 0 Å². The first-order chi connectivity index (χ1) is 11.5. The van der Waals surface area contributed by atoms with Crippen LogP contribution in [-0.2, 0) is 4.79 Å². The molecule has 2 aromatic carbocycles. The summed E-state index contributed by atoms with van der Waals surface area (Å²) >= 11 is 0. The zero-order valence-electron chi connectivity index (χ0n) is 13.3. The fourth-order valence-corrected chi connectivity index (χ4v) is 1.98. The lowest BCUT2D eigenvalue weighted by molar-refractivity contribution is -0.115. The Morgan fingerprint density at radius 1 is 1.00 bits per heavy atom. The van der Waals surface area contributed by atoms with Gasteiger partial charge in [-0.25, -0.2) is 4.39 Å². The SMILES string of the molecule is COc1ccc(NC(=O)CNC(=O)c2ccc(F)cc2)cc1OC. The van der Waals surface area contributed by atoms with E-state index >= 15 is 0 Å². The third-order valence-electron chi connectivity index (χ3n) is 3.18. The largest absolute Gasteiger partial charge is 0.493 e. The molecule has 2 rings (SSSR count). The maximum Gasteiger partial charge on any atom is 0.251 e. The Morgan fingerprint density at radius 2 is 1.67 bits per heavy atom. The van der Waals surface area contributed by atoms with Gasteiger partial charge >= 0.3 is 0 Å². The summed E-state index contributed by atoms with van der Waals surface area (Å²) in [6.07, 6.45) is 0. The number of carbonyl (C=O) groups excluding carboxylic acids is 2. The molecule has 24 heavy (non-hydrogen) atoms. The number of halogens is 1. The second-order valence-corrected chi connectivity index (χ2v) is 4.81. The molecule has 0 radical (unpaired) electrons. The number of carbonyl (C=O) groups is 2. The zero-order valence-corrected chi connectivity index (χ0v) is 13.3. The Hall–Kier alpha value is -3.09. The number of anilines is 1. The van der Waals surface area contributed by atoms with Crippen molar-refractivity contribution < 1.29 is 23.5 Å². The molecule has 2 amide bonds. The molecule has 0 aliphatic carbocycles. The molecule has 0 fully saturated rings. The lowest BCUT2D eigenvalue weighted by atomic mass is 10.2. The highest BCUT2D eigenvalue weighted by atomic mass is 19.1. The van der Waals surface area contributed by atoms with E-state index in [1.54, 1.807) is 18.2 Å². The molecule has 2 aromatic rings. The van der Waals surface area contributed by atoms with Crippen molar-refractivity contribution in [3.8, 4) is 11.5 Å². The molecule has 6 nitrogen and oxygen atoms in total. The van der Waals surface area contributed by atoms with Gasteiger partial charge in [0.1, 0.15) is 5.82 Å². The van der Waals surface area contributed by atoms with Crippen LogP contribution in [0.15, 0.2) is 42.5 Å². The Morgan fingerprint density at radius 3 is 2.29 bits per heavy atom. The maximum absolute atomic E-state index is 12.8. The number of benzene rings is 2. The summed E-state index contributed by atoms with van der Waals surface area (Å²) in [5.41, 5.74) is 0.781. The van der Waals surface area contributed by atoms with Crippen LogP contribution in [0.2, 0.25) is 0 Å². The number of nitrogens with one attached hydrogen (secondary N) is 2. The van der Waals surface area contributed by atoms with Gasteiger partial charge in [0.05, 0.1) is 20.8 Å². The lowest BCUT2D eigenvalue weighted by Gasteiger charge is -2.11. The minimum Gasteiger partial charge on any atom is -0.493 e. The summed E-state index contributed by atoms with van der Waals surface area (Å²) in [6, 6.07) is 9.97. The molecular weight excluding hydrogens is 315 g/mol. The summed E-state index contributed by atoms with van der Waals surface area (Å²) in [5.74, 6) is -0.279. The van der Waals surface area contributed by atoms with Gasteiger partial charge in [-0.3, -0.25) is 9.59 Å². The van der Waals surface area contributed by atoms with E-state index in [4.69, 9.17) is 9.47 Å². The predicted octanol–water partition coefficient (Wildman–Crippen LogP) is 2.21. The van der Waals surface area contributed by atoms with E-state index in [-0.39, 0.29) is 12.1 Å². The summed E-state index contributed by atoms with van der Waals surface area (Å²) in [4.78, 5) is 23.7. The van der Waals surface area contributed by atoms with Crippen molar-refractivity contribution in [3.63, 3.8) is 0 Å². The van der Waals surface area contributed by atoms with Gasteiger partial charge < -0.3 is 20.1 Å². The van der Waals surface area contributed by atoms with Crippen molar-refractivity contribution in [3.05, 3.63) is 53.8 Å². The average Bonchev–Trinajstić information content (AvgIpc) is 2.60. The first-order valence-electron chi connectivity index (χ1n) is 7.09. The number of hydrogen-bond acceptors (Lipinski definition) is 4. The van der Waals surface area contributed by atoms with E-state index in [1.165, 1.54) is 38.5 Å². The molecule has 126 valence electrons. The van der Waals surface area contributed by atoms with E-state index in [1.807, 2.05) is 0 Å². The van der Waals surface area contributed by atoms with Gasteiger partial charge in [-0.2, -0.15) is 0 Å². The summed E-state index contributed by atoms with van der Waals surface area (Å²) in [5, 5.41) is 5.09. The molecule has 0 bridgehead atoms. The molecule has 0 atom stereocenters. The average molecular weight is 332 g/mol. The summed E-state index contributed by atoms with van der Waals surface area (Å²) < 4.78 is 23.1. The van der Waals surface area contributed by atoms with Crippen molar-refractivity contribution in [1.29, 1.82) is 0 Å². The molecule has 7 heteroatoms. The van der Waals surface area contributed by atoms with E-state index < -0.39 is 17.6 Å². The smallest absolute Gasteiger partial charge is 0.251 e. The normalized spacial score (nSPS) is 9.96. The number of amides is 2. The highest BCUT2D eigenvalue weighted by Gasteiger charge is 2.10. The van der Waals surface area contributed by atoms with Crippen LogP contribution in [0.5, 0.6) is 11.5 Å². The van der Waals surface area contributed by atoms with Gasteiger partial charge in [0, 0.05) is 17.3 Å². The van der Waals surface area contributed by atoms with Gasteiger partial charge in [-0.1, -0.05) is 0 Å². The van der Waals surface area contributed by atoms with Crippen LogP contribution in [0.25, 0.3) is 0 Å². The minimum atomic E-state index is -0.461. The van der Waals surface area contributed by atoms with Crippen molar-refractivity contribution >= 4 is 17.5 Å². The van der Waals surface area contributed by atoms with Crippen LogP contribution < -0.4 is 20.1 Å². The molecule has 0 aliphatic heterocycles. The molecule has 0 saturated carbocycles. The Labute approximate surface area is 138 Å². The van der Waals surface area contributed by atoms with Crippen molar-refractivity contribution in [1.82, 2.24) is 5.32 Å². The van der Waals surface area contributed by atoms with E-state index in [2.05, 4.69) is 10.6 Å². The van der Waals surface area contributed by atoms with Gasteiger partial charge in [0.2, 0.25) is 5.91 Å². The van der Waals surface area contributed by atoms with Crippen molar-refractivity contribution in [2.45, 2.75) is 0 Å². The zero-order chi connectivity index (χ0) is 17.5. The number of hydrogen-bond donors (Lipinski definition) is 2. The molecule has 0 heterocycles. The highest BCUT2D eigenvalue weighted by molar-refractivity contribution is 5.99. The molecule has 0 aliphatic rings. The van der Waals surface area contributed by atoms with Gasteiger partial charge in [0.25, 0.3) is 5.91 Å². The van der Waals surface area contributed by atoms with E-state index in [0.29, 0.717) is 17.2 Å². The topological polar surface area (TPSA) is 76.7 Å². The van der Waals surface area contributed by atoms with Crippen LogP contribution in [0.4, 0.5) is 10.1 Å².